The van der Waals surface area contributed by atoms with Gasteiger partial charge in [-0.3, -0.25) is 14.4 Å². The van der Waals surface area contributed by atoms with E-state index in [1.807, 2.05) is 0 Å². The lowest BCUT2D eigenvalue weighted by Gasteiger charge is -2.27. The van der Waals surface area contributed by atoms with Crippen molar-refractivity contribution in [3.63, 3.8) is 0 Å². The summed E-state index contributed by atoms with van der Waals surface area (Å²) in [6.45, 7) is -2.77. The maximum absolute atomic E-state index is 13.4. The van der Waals surface area contributed by atoms with Crippen LogP contribution in [0.4, 0.5) is 5.69 Å². The summed E-state index contributed by atoms with van der Waals surface area (Å²) in [5.74, 6) is -2.28. The van der Waals surface area contributed by atoms with Gasteiger partial charge in [0.1, 0.15) is 0 Å². The summed E-state index contributed by atoms with van der Waals surface area (Å²) < 4.78 is 0.671. The van der Waals surface area contributed by atoms with Gasteiger partial charge < -0.3 is 46.2 Å². The van der Waals surface area contributed by atoms with Gasteiger partial charge in [-0.15, -0.1) is 0 Å². The Hall–Kier alpha value is -0.420. The molecule has 186 valence electrons. The first-order valence-corrected chi connectivity index (χ1v) is 12.7. The molecule has 8 N–H and O–H groups in total. The fraction of sp³-hybridized carbons (Fsp3) is 0.500. The Morgan fingerprint density at radius 2 is 1.48 bits per heavy atom. The lowest BCUT2D eigenvalue weighted by atomic mass is 10.1. The number of rotatable bonds is 12. The topological polar surface area (TPSA) is 200 Å². The van der Waals surface area contributed by atoms with Gasteiger partial charge in [0.05, 0.1) is 56.5 Å². The Balaban J connectivity index is 3.72. The Kier molecular flexibility index (Phi) is 13.8. The highest BCUT2D eigenvalue weighted by Crippen LogP contribution is 2.36. The molecular weight excluding hydrogens is 783 g/mol. The monoisotopic (exact) mass is 807 g/mol. The molecule has 2 unspecified atom stereocenters. The number of anilines is 1. The van der Waals surface area contributed by atoms with Gasteiger partial charge in [0.15, 0.2) is 6.10 Å². The number of aliphatic hydroxyl groups is 6. The van der Waals surface area contributed by atoms with E-state index in [0.29, 0.717) is 0 Å². The van der Waals surface area contributed by atoms with Gasteiger partial charge in [-0.2, -0.15) is 0 Å². The molecule has 1 aromatic rings. The van der Waals surface area contributed by atoms with Crippen molar-refractivity contribution < 1.29 is 45.0 Å². The number of carbonyl (C=O) groups excluding carboxylic acids is 3. The molecule has 12 nitrogen and oxygen atoms in total. The molecular formula is C18H24I3N3O9. The first-order valence-electron chi connectivity index (χ1n) is 9.43. The molecule has 2 atom stereocenters. The average molecular weight is 807 g/mol. The Labute approximate surface area is 230 Å². The molecule has 0 aliphatic heterocycles. The second-order valence-electron chi connectivity index (χ2n) is 6.55. The third kappa shape index (κ3) is 8.05. The molecule has 0 radical (unpaired) electrons. The highest BCUT2D eigenvalue weighted by Gasteiger charge is 2.31. The third-order valence-corrected chi connectivity index (χ3v) is 7.41. The van der Waals surface area contributed by atoms with Crippen molar-refractivity contribution in [2.45, 2.75) is 12.2 Å². The molecule has 1 aromatic carbocycles. The van der Waals surface area contributed by atoms with Crippen LogP contribution in [0.1, 0.15) is 20.7 Å². The van der Waals surface area contributed by atoms with Crippen LogP contribution in [0.15, 0.2) is 0 Å². The van der Waals surface area contributed by atoms with Crippen molar-refractivity contribution in [1.82, 2.24) is 10.2 Å². The van der Waals surface area contributed by atoms with Crippen molar-refractivity contribution in [2.75, 3.05) is 51.4 Å². The Bertz CT molecular complexity index is 873. The molecule has 0 aliphatic rings. The molecule has 1 rings (SSSR count). The predicted octanol–water partition coefficient (Wildman–Crippen LogP) is -1.70. The van der Waals surface area contributed by atoms with Crippen LogP contribution < -0.4 is 10.6 Å². The van der Waals surface area contributed by atoms with E-state index in [0.717, 1.165) is 4.90 Å². The van der Waals surface area contributed by atoms with Crippen LogP contribution in [0, 0.1) is 10.7 Å². The molecule has 3 amide bonds. The lowest BCUT2D eigenvalue weighted by Crippen LogP contribution is -2.41. The summed E-state index contributed by atoms with van der Waals surface area (Å²) in [6.07, 6.45) is -3.02. The molecule has 0 aliphatic carbocycles. The molecule has 15 heteroatoms. The maximum atomic E-state index is 13.4. The van der Waals surface area contributed by atoms with Crippen molar-refractivity contribution in [1.29, 1.82) is 0 Å². The van der Waals surface area contributed by atoms with E-state index in [1.54, 1.807) is 67.8 Å². The smallest absolute Gasteiger partial charge is 0.256 e. The minimum absolute atomic E-state index is 0.0156. The van der Waals surface area contributed by atoms with Crippen molar-refractivity contribution in [3.8, 4) is 0 Å². The first-order chi connectivity index (χ1) is 15.5. The van der Waals surface area contributed by atoms with Crippen LogP contribution in [-0.4, -0.2) is 112 Å². The molecule has 0 saturated heterocycles. The summed E-state index contributed by atoms with van der Waals surface area (Å²) in [7, 11) is 0. The molecule has 0 bridgehead atoms. The van der Waals surface area contributed by atoms with Gasteiger partial charge in [0.2, 0.25) is 0 Å². The van der Waals surface area contributed by atoms with E-state index in [1.165, 1.54) is 0 Å². The van der Waals surface area contributed by atoms with Gasteiger partial charge >= 0.3 is 0 Å². The van der Waals surface area contributed by atoms with Crippen molar-refractivity contribution >= 4 is 91.2 Å². The van der Waals surface area contributed by atoms with Crippen LogP contribution in [0.5, 0.6) is 0 Å². The minimum Gasteiger partial charge on any atom is -0.395 e. The minimum atomic E-state index is -1.74. The maximum Gasteiger partial charge on any atom is 0.256 e. The van der Waals surface area contributed by atoms with Gasteiger partial charge in [-0.25, -0.2) is 0 Å². The molecule has 0 heterocycles. The Morgan fingerprint density at radius 3 is 2.00 bits per heavy atom. The third-order valence-electron chi connectivity index (χ3n) is 4.18. The standard InChI is InChI=1S/C18H24I3N3O9/c19-12-10(17(32)22-1-3-25)13(20)15(23-16(31)9(30)7-28)14(21)11(12)18(33)24(2-4-26)5-8(29)6-27/h8-9,25-30H,1-7H2,(H,22,32)(H,23,31). The summed E-state index contributed by atoms with van der Waals surface area (Å²) in [6, 6.07) is 0. The molecule has 33 heavy (non-hydrogen) atoms. The summed E-state index contributed by atoms with van der Waals surface area (Å²) in [5, 5.41) is 61.0. The number of halogens is 3. The van der Waals surface area contributed by atoms with Crippen LogP contribution in [0.3, 0.4) is 0 Å². The summed E-state index contributed by atoms with van der Waals surface area (Å²) in [5.41, 5.74) is 0.0465. The zero-order valence-electron chi connectivity index (χ0n) is 17.1. The zero-order valence-corrected chi connectivity index (χ0v) is 23.6. The largest absolute Gasteiger partial charge is 0.395 e. The van der Waals surface area contributed by atoms with Gasteiger partial charge in [0.25, 0.3) is 17.7 Å². The number of nitrogens with one attached hydrogen (secondary N) is 2. The second kappa shape index (κ2) is 14.9. The SMILES string of the molecule is O=C(NCCO)c1c(I)c(NC(=O)C(O)CO)c(I)c(C(=O)N(CCO)CC(O)CO)c1I. The van der Waals surface area contributed by atoms with E-state index in [4.69, 9.17) is 15.3 Å². The number of hydrogen-bond donors (Lipinski definition) is 8. The van der Waals surface area contributed by atoms with E-state index >= 15 is 0 Å². The molecule has 0 spiro atoms. The fourth-order valence-corrected chi connectivity index (χ4v) is 6.96. The van der Waals surface area contributed by atoms with Gasteiger partial charge in [0, 0.05) is 23.2 Å². The van der Waals surface area contributed by atoms with Gasteiger partial charge in [-0.1, -0.05) is 0 Å². The highest BCUT2D eigenvalue weighted by atomic mass is 127. The predicted molar refractivity (Wildman–Crippen MR) is 142 cm³/mol. The van der Waals surface area contributed by atoms with Crippen LogP contribution in [0.25, 0.3) is 0 Å². The Morgan fingerprint density at radius 1 is 0.879 bits per heavy atom. The number of aliphatic hydroxyl groups excluding tert-OH is 6. The lowest BCUT2D eigenvalue weighted by molar-refractivity contribution is -0.125. The molecule has 0 saturated carbocycles. The quantitative estimate of drug-likeness (QED) is 0.114. The average Bonchev–Trinajstić information content (AvgIpc) is 2.78. The van der Waals surface area contributed by atoms with Crippen LogP contribution in [-0.2, 0) is 4.79 Å². The fourth-order valence-electron chi connectivity index (χ4n) is 2.57. The second-order valence-corrected chi connectivity index (χ2v) is 9.78. The molecule has 0 fully saturated rings. The van der Waals surface area contributed by atoms with Crippen LogP contribution in [0.2, 0.25) is 0 Å². The normalized spacial score (nSPS) is 12.8. The summed E-state index contributed by atoms with van der Waals surface area (Å²) >= 11 is 5.38. The first kappa shape index (κ1) is 30.6. The van der Waals surface area contributed by atoms with E-state index < -0.39 is 49.8 Å². The number of hydrogen-bond acceptors (Lipinski definition) is 9. The van der Waals surface area contributed by atoms with Crippen LogP contribution >= 0.6 is 67.8 Å². The zero-order chi connectivity index (χ0) is 25.3. The number of amides is 3. The van der Waals surface area contributed by atoms with Crippen molar-refractivity contribution in [3.05, 3.63) is 21.8 Å². The van der Waals surface area contributed by atoms with Gasteiger partial charge in [-0.05, 0) is 67.8 Å². The number of nitrogens with zero attached hydrogens (tertiary/aromatic N) is 1. The van der Waals surface area contributed by atoms with Crippen molar-refractivity contribution in [2.24, 2.45) is 0 Å². The number of carbonyl (C=O) groups is 3. The van der Waals surface area contributed by atoms with E-state index in [9.17, 15) is 29.7 Å². The number of benzene rings is 1. The van der Waals surface area contributed by atoms with E-state index in [-0.39, 0.29) is 53.8 Å². The summed E-state index contributed by atoms with van der Waals surface area (Å²) in [4.78, 5) is 39.5. The highest BCUT2D eigenvalue weighted by molar-refractivity contribution is 14.1. The molecule has 0 aromatic heterocycles. The van der Waals surface area contributed by atoms with E-state index in [2.05, 4.69) is 10.6 Å².